The molecule has 0 saturated carbocycles. The maximum atomic E-state index is 12.1. The van der Waals surface area contributed by atoms with Gasteiger partial charge >= 0.3 is 0 Å². The summed E-state index contributed by atoms with van der Waals surface area (Å²) in [5, 5.41) is 2.95. The fourth-order valence-corrected chi connectivity index (χ4v) is 2.90. The summed E-state index contributed by atoms with van der Waals surface area (Å²) in [5.41, 5.74) is 2.98. The number of carbonyl (C=O) groups excluding carboxylic acids is 1. The van der Waals surface area contributed by atoms with E-state index in [0.29, 0.717) is 32.7 Å². The highest BCUT2D eigenvalue weighted by molar-refractivity contribution is 5.77. The number of imidazole rings is 1. The first kappa shape index (κ1) is 15.5. The molecule has 1 N–H and O–H groups in total. The summed E-state index contributed by atoms with van der Waals surface area (Å²) in [6.07, 6.45) is 2.18. The van der Waals surface area contributed by atoms with Crippen LogP contribution in [0.15, 0.2) is 48.8 Å². The van der Waals surface area contributed by atoms with E-state index in [1.165, 1.54) is 0 Å². The van der Waals surface area contributed by atoms with Crippen LogP contribution in [0.1, 0.15) is 12.0 Å². The highest BCUT2D eigenvalue weighted by Gasteiger charge is 2.12. The maximum Gasteiger partial charge on any atom is 0.222 e. The van der Waals surface area contributed by atoms with E-state index in [-0.39, 0.29) is 5.91 Å². The lowest BCUT2D eigenvalue weighted by atomic mass is 10.2. The number of carbonyl (C=O) groups is 1. The van der Waals surface area contributed by atoms with Crippen LogP contribution in [0, 0.1) is 0 Å². The van der Waals surface area contributed by atoms with Crippen LogP contribution in [0.25, 0.3) is 11.0 Å². The van der Waals surface area contributed by atoms with Gasteiger partial charge in [-0.15, -0.1) is 0 Å². The van der Waals surface area contributed by atoms with Crippen LogP contribution in [0.4, 0.5) is 0 Å². The summed E-state index contributed by atoms with van der Waals surface area (Å²) >= 11 is 0. The quantitative estimate of drug-likeness (QED) is 0.777. The van der Waals surface area contributed by atoms with Crippen LogP contribution in [0.2, 0.25) is 0 Å². The molecule has 1 aromatic heterocycles. The van der Waals surface area contributed by atoms with Crippen LogP contribution in [0.3, 0.4) is 0 Å². The molecule has 0 aliphatic carbocycles. The predicted octanol–water partition coefficient (Wildman–Crippen LogP) is 2.51. The number of ether oxygens (including phenoxy) is 2. The van der Waals surface area contributed by atoms with E-state index in [2.05, 4.69) is 10.3 Å². The standard InChI is InChI=1S/C19H19N3O3/c23-19(7-8-22-13-21-15-3-1-2-4-16(15)22)20-12-14-5-6-17-18(11-14)25-10-9-24-17/h1-6,11,13H,7-10,12H2,(H,20,23). The molecule has 1 amide bonds. The molecule has 128 valence electrons. The second-order valence-electron chi connectivity index (χ2n) is 5.93. The van der Waals surface area contributed by atoms with E-state index in [1.54, 1.807) is 6.33 Å². The zero-order chi connectivity index (χ0) is 17.1. The van der Waals surface area contributed by atoms with Crippen LogP contribution in [-0.4, -0.2) is 28.7 Å². The summed E-state index contributed by atoms with van der Waals surface area (Å²) < 4.78 is 13.1. The molecule has 0 saturated heterocycles. The lowest BCUT2D eigenvalue weighted by Gasteiger charge is -2.19. The molecule has 0 spiro atoms. The number of rotatable bonds is 5. The monoisotopic (exact) mass is 337 g/mol. The summed E-state index contributed by atoms with van der Waals surface area (Å²) in [4.78, 5) is 16.5. The molecule has 0 fully saturated rings. The Morgan fingerprint density at radius 3 is 2.88 bits per heavy atom. The Morgan fingerprint density at radius 1 is 1.12 bits per heavy atom. The van der Waals surface area contributed by atoms with E-state index in [0.717, 1.165) is 28.1 Å². The minimum absolute atomic E-state index is 0.00710. The van der Waals surface area contributed by atoms with Gasteiger partial charge in [-0.2, -0.15) is 0 Å². The van der Waals surface area contributed by atoms with E-state index in [4.69, 9.17) is 9.47 Å². The molecule has 4 rings (SSSR count). The van der Waals surface area contributed by atoms with Crippen molar-refractivity contribution in [3.63, 3.8) is 0 Å². The van der Waals surface area contributed by atoms with Crippen molar-refractivity contribution < 1.29 is 14.3 Å². The third kappa shape index (κ3) is 3.42. The SMILES string of the molecule is O=C(CCn1cnc2ccccc21)NCc1ccc2c(c1)OCCO2. The summed E-state index contributed by atoms with van der Waals surface area (Å²) in [7, 11) is 0. The number of fused-ring (bicyclic) bond motifs is 2. The molecule has 6 heteroatoms. The van der Waals surface area contributed by atoms with Crippen molar-refractivity contribution >= 4 is 16.9 Å². The van der Waals surface area contributed by atoms with Crippen LogP contribution in [-0.2, 0) is 17.9 Å². The number of aromatic nitrogens is 2. The minimum Gasteiger partial charge on any atom is -0.486 e. The van der Waals surface area contributed by atoms with Crippen molar-refractivity contribution in [3.05, 3.63) is 54.4 Å². The number of nitrogens with zero attached hydrogens (tertiary/aromatic N) is 2. The van der Waals surface area contributed by atoms with Crippen LogP contribution in [0.5, 0.6) is 11.5 Å². The van der Waals surface area contributed by atoms with Gasteiger partial charge in [0, 0.05) is 19.5 Å². The zero-order valence-corrected chi connectivity index (χ0v) is 13.8. The highest BCUT2D eigenvalue weighted by Crippen LogP contribution is 2.30. The second-order valence-corrected chi connectivity index (χ2v) is 5.93. The van der Waals surface area contributed by atoms with Crippen molar-refractivity contribution in [1.82, 2.24) is 14.9 Å². The van der Waals surface area contributed by atoms with Gasteiger partial charge in [0.25, 0.3) is 0 Å². The Hall–Kier alpha value is -3.02. The Balaban J connectivity index is 1.32. The lowest BCUT2D eigenvalue weighted by Crippen LogP contribution is -2.24. The Morgan fingerprint density at radius 2 is 1.96 bits per heavy atom. The third-order valence-corrected chi connectivity index (χ3v) is 4.20. The fourth-order valence-electron chi connectivity index (χ4n) is 2.90. The number of para-hydroxylation sites is 2. The molecular weight excluding hydrogens is 318 g/mol. The predicted molar refractivity (Wildman–Crippen MR) is 93.6 cm³/mol. The molecule has 0 bridgehead atoms. The topological polar surface area (TPSA) is 65.4 Å². The molecule has 0 atom stereocenters. The van der Waals surface area contributed by atoms with Crippen molar-refractivity contribution in [2.24, 2.45) is 0 Å². The van der Waals surface area contributed by atoms with Crippen molar-refractivity contribution in [2.75, 3.05) is 13.2 Å². The van der Waals surface area contributed by atoms with Crippen LogP contribution < -0.4 is 14.8 Å². The Labute approximate surface area is 145 Å². The molecule has 2 aromatic carbocycles. The van der Waals surface area contributed by atoms with E-state index >= 15 is 0 Å². The lowest BCUT2D eigenvalue weighted by molar-refractivity contribution is -0.121. The number of hydrogen-bond acceptors (Lipinski definition) is 4. The van der Waals surface area contributed by atoms with Gasteiger partial charge in [0.2, 0.25) is 5.91 Å². The van der Waals surface area contributed by atoms with Crippen molar-refractivity contribution in [3.8, 4) is 11.5 Å². The largest absolute Gasteiger partial charge is 0.486 e. The van der Waals surface area contributed by atoms with Crippen molar-refractivity contribution in [1.29, 1.82) is 0 Å². The van der Waals surface area contributed by atoms with E-state index in [9.17, 15) is 4.79 Å². The van der Waals surface area contributed by atoms with Crippen molar-refractivity contribution in [2.45, 2.75) is 19.5 Å². The van der Waals surface area contributed by atoms with Gasteiger partial charge in [-0.3, -0.25) is 4.79 Å². The summed E-state index contributed by atoms with van der Waals surface area (Å²) in [6.45, 7) is 2.21. The highest BCUT2D eigenvalue weighted by atomic mass is 16.6. The molecule has 25 heavy (non-hydrogen) atoms. The zero-order valence-electron chi connectivity index (χ0n) is 13.8. The first-order chi connectivity index (χ1) is 12.3. The van der Waals surface area contributed by atoms with Gasteiger partial charge in [0.05, 0.1) is 17.4 Å². The minimum atomic E-state index is 0.00710. The first-order valence-corrected chi connectivity index (χ1v) is 8.35. The fraction of sp³-hybridized carbons (Fsp3) is 0.263. The van der Waals surface area contributed by atoms with Gasteiger partial charge in [-0.05, 0) is 29.8 Å². The second kappa shape index (κ2) is 6.84. The van der Waals surface area contributed by atoms with Gasteiger partial charge in [0.1, 0.15) is 13.2 Å². The van der Waals surface area contributed by atoms with Gasteiger partial charge < -0.3 is 19.4 Å². The molecule has 6 nitrogen and oxygen atoms in total. The van der Waals surface area contributed by atoms with E-state index < -0.39 is 0 Å². The molecule has 2 heterocycles. The average Bonchev–Trinajstić information content (AvgIpc) is 3.08. The Kier molecular flexibility index (Phi) is 4.24. The molecule has 3 aromatic rings. The van der Waals surface area contributed by atoms with Gasteiger partial charge in [-0.25, -0.2) is 4.98 Å². The van der Waals surface area contributed by atoms with Crippen LogP contribution >= 0.6 is 0 Å². The number of aryl methyl sites for hydroxylation is 1. The molecular formula is C19H19N3O3. The third-order valence-electron chi connectivity index (χ3n) is 4.20. The molecule has 1 aliphatic heterocycles. The first-order valence-electron chi connectivity index (χ1n) is 8.35. The number of hydrogen-bond donors (Lipinski definition) is 1. The molecule has 0 radical (unpaired) electrons. The molecule has 1 aliphatic rings. The number of amides is 1. The average molecular weight is 337 g/mol. The van der Waals surface area contributed by atoms with Gasteiger partial charge in [0.15, 0.2) is 11.5 Å². The normalized spacial score (nSPS) is 13.0. The van der Waals surface area contributed by atoms with Gasteiger partial charge in [-0.1, -0.05) is 18.2 Å². The Bertz CT molecular complexity index is 904. The number of benzene rings is 2. The number of nitrogens with one attached hydrogen (secondary N) is 1. The smallest absolute Gasteiger partial charge is 0.222 e. The summed E-state index contributed by atoms with van der Waals surface area (Å²) in [6, 6.07) is 13.6. The van der Waals surface area contributed by atoms with E-state index in [1.807, 2.05) is 47.0 Å². The molecule has 0 unspecified atom stereocenters. The maximum absolute atomic E-state index is 12.1. The summed E-state index contributed by atoms with van der Waals surface area (Å²) in [5.74, 6) is 1.50.